The molecule has 7 heteroatoms. The Bertz CT molecular complexity index is 824. The van der Waals surface area contributed by atoms with Crippen LogP contribution in [0.15, 0.2) is 45.5 Å². The van der Waals surface area contributed by atoms with Crippen LogP contribution in [-0.2, 0) is 17.0 Å². The second-order valence-electron chi connectivity index (χ2n) is 6.38. The summed E-state index contributed by atoms with van der Waals surface area (Å²) in [5.74, 6) is 3.26. The fourth-order valence-electron chi connectivity index (χ4n) is 3.07. The van der Waals surface area contributed by atoms with Gasteiger partial charge in [0, 0.05) is 11.3 Å². The molecule has 4 rings (SSSR count). The molecule has 2 heterocycles. The van der Waals surface area contributed by atoms with Crippen LogP contribution in [0.2, 0.25) is 0 Å². The maximum atomic E-state index is 6.36. The van der Waals surface area contributed by atoms with E-state index >= 15 is 0 Å². The zero-order chi connectivity index (χ0) is 17.1. The predicted octanol–water partition coefficient (Wildman–Crippen LogP) is 3.89. The van der Waals surface area contributed by atoms with Crippen molar-refractivity contribution in [2.45, 2.75) is 42.7 Å². The molecule has 1 aliphatic rings. The molecule has 0 spiro atoms. The number of hydrogen-bond acceptors (Lipinski definition) is 7. The molecule has 0 unspecified atom stereocenters. The molecule has 2 N–H and O–H groups in total. The van der Waals surface area contributed by atoms with Crippen molar-refractivity contribution in [2.24, 2.45) is 5.73 Å². The fourth-order valence-corrected chi connectivity index (χ4v) is 3.81. The Balaban J connectivity index is 1.33. The van der Waals surface area contributed by atoms with Crippen molar-refractivity contribution in [3.05, 3.63) is 54.0 Å². The lowest BCUT2D eigenvalue weighted by Gasteiger charge is -2.17. The Morgan fingerprint density at radius 1 is 1.08 bits per heavy atom. The lowest BCUT2D eigenvalue weighted by molar-refractivity contribution is 0.355. The lowest BCUT2D eigenvalue weighted by Crippen LogP contribution is -2.34. The highest BCUT2D eigenvalue weighted by molar-refractivity contribution is 7.97. The van der Waals surface area contributed by atoms with Gasteiger partial charge in [0.25, 0.3) is 0 Å². The van der Waals surface area contributed by atoms with Gasteiger partial charge >= 0.3 is 0 Å². The topological polar surface area (TPSA) is 91.0 Å². The van der Waals surface area contributed by atoms with Gasteiger partial charge in [0.1, 0.15) is 6.26 Å². The van der Waals surface area contributed by atoms with Gasteiger partial charge in [-0.05, 0) is 25.0 Å². The van der Waals surface area contributed by atoms with Gasteiger partial charge in [0.15, 0.2) is 5.82 Å². The Morgan fingerprint density at radius 3 is 2.68 bits per heavy atom. The van der Waals surface area contributed by atoms with Gasteiger partial charge in [-0.15, -0.1) is 11.8 Å². The van der Waals surface area contributed by atoms with Crippen LogP contribution in [0.1, 0.15) is 43.1 Å². The van der Waals surface area contributed by atoms with E-state index in [-0.39, 0.29) is 0 Å². The maximum absolute atomic E-state index is 6.36. The number of nitrogens with two attached hydrogens (primary N) is 1. The predicted molar refractivity (Wildman–Crippen MR) is 95.6 cm³/mol. The van der Waals surface area contributed by atoms with Crippen LogP contribution < -0.4 is 5.73 Å². The molecular weight excluding hydrogens is 336 g/mol. The first-order chi connectivity index (χ1) is 12.2. The van der Waals surface area contributed by atoms with E-state index in [1.807, 2.05) is 30.3 Å². The minimum absolute atomic E-state index is 0.400. The van der Waals surface area contributed by atoms with Crippen molar-refractivity contribution < 1.29 is 8.94 Å². The number of thioether (sulfide) groups is 1. The van der Waals surface area contributed by atoms with Crippen LogP contribution in [0.3, 0.4) is 0 Å². The molecule has 1 saturated carbocycles. The van der Waals surface area contributed by atoms with Crippen LogP contribution in [0.4, 0.5) is 0 Å². The third-order valence-electron chi connectivity index (χ3n) is 4.46. The molecule has 0 atom stereocenters. The summed E-state index contributed by atoms with van der Waals surface area (Å²) in [7, 11) is 0. The molecule has 1 fully saturated rings. The number of hydrogen-bond donors (Lipinski definition) is 1. The van der Waals surface area contributed by atoms with Gasteiger partial charge in [0.2, 0.25) is 11.8 Å². The number of oxazole rings is 1. The minimum Gasteiger partial charge on any atom is -0.444 e. The van der Waals surface area contributed by atoms with Gasteiger partial charge in [-0.2, -0.15) is 4.98 Å². The fraction of sp³-hybridized carbons (Fsp3) is 0.389. The van der Waals surface area contributed by atoms with Crippen LogP contribution in [0, 0.1) is 0 Å². The Labute approximate surface area is 150 Å². The summed E-state index contributed by atoms with van der Waals surface area (Å²) < 4.78 is 10.9. The molecule has 6 nitrogen and oxygen atoms in total. The highest BCUT2D eigenvalue weighted by Gasteiger charge is 2.35. The zero-order valence-electron chi connectivity index (χ0n) is 13.9. The van der Waals surface area contributed by atoms with Gasteiger partial charge in [-0.25, -0.2) is 4.98 Å². The smallest absolute Gasteiger partial charge is 0.236 e. The summed E-state index contributed by atoms with van der Waals surface area (Å²) in [6, 6.07) is 9.87. The summed E-state index contributed by atoms with van der Waals surface area (Å²) in [4.78, 5) is 9.00. The molecule has 25 heavy (non-hydrogen) atoms. The van der Waals surface area contributed by atoms with E-state index in [4.69, 9.17) is 14.7 Å². The average molecular weight is 356 g/mol. The molecular formula is C18H20N4O2S. The molecule has 0 amide bonds. The van der Waals surface area contributed by atoms with E-state index in [0.29, 0.717) is 23.4 Å². The summed E-state index contributed by atoms with van der Waals surface area (Å²) in [5, 5.41) is 4.08. The van der Waals surface area contributed by atoms with E-state index in [1.165, 1.54) is 0 Å². The SMILES string of the molecule is NC1(c2noc(CSCc3coc(-c4ccccc4)n3)n2)CCCC1. The molecule has 1 aromatic carbocycles. The summed E-state index contributed by atoms with van der Waals surface area (Å²) in [6.45, 7) is 0. The van der Waals surface area contributed by atoms with E-state index < -0.39 is 5.54 Å². The highest BCUT2D eigenvalue weighted by atomic mass is 32.2. The van der Waals surface area contributed by atoms with Crippen molar-refractivity contribution in [1.82, 2.24) is 15.1 Å². The van der Waals surface area contributed by atoms with Crippen molar-refractivity contribution in [3.63, 3.8) is 0 Å². The van der Waals surface area contributed by atoms with Crippen LogP contribution in [0.25, 0.3) is 11.5 Å². The molecule has 0 radical (unpaired) electrons. The second-order valence-corrected chi connectivity index (χ2v) is 7.36. The van der Waals surface area contributed by atoms with Crippen LogP contribution in [-0.4, -0.2) is 15.1 Å². The van der Waals surface area contributed by atoms with Crippen molar-refractivity contribution in [1.29, 1.82) is 0 Å². The molecule has 1 aliphatic carbocycles. The van der Waals surface area contributed by atoms with Crippen molar-refractivity contribution in [2.75, 3.05) is 0 Å². The normalized spacial score (nSPS) is 16.4. The van der Waals surface area contributed by atoms with Gasteiger partial charge < -0.3 is 14.7 Å². The summed E-state index contributed by atoms with van der Waals surface area (Å²) in [5.41, 5.74) is 7.83. The highest BCUT2D eigenvalue weighted by Crippen LogP contribution is 2.34. The number of aromatic nitrogens is 3. The number of benzene rings is 1. The quantitative estimate of drug-likeness (QED) is 0.716. The van der Waals surface area contributed by atoms with E-state index in [0.717, 1.165) is 42.7 Å². The molecule has 130 valence electrons. The van der Waals surface area contributed by atoms with E-state index in [2.05, 4.69) is 15.1 Å². The largest absolute Gasteiger partial charge is 0.444 e. The van der Waals surface area contributed by atoms with Crippen LogP contribution in [0.5, 0.6) is 0 Å². The number of rotatable bonds is 6. The Kier molecular flexibility index (Phi) is 4.59. The first-order valence-electron chi connectivity index (χ1n) is 8.42. The summed E-state index contributed by atoms with van der Waals surface area (Å²) in [6.07, 6.45) is 5.82. The molecule has 0 bridgehead atoms. The first-order valence-corrected chi connectivity index (χ1v) is 9.58. The van der Waals surface area contributed by atoms with Gasteiger partial charge in [-0.3, -0.25) is 0 Å². The first kappa shape index (κ1) is 16.4. The minimum atomic E-state index is -0.400. The molecule has 2 aromatic heterocycles. The van der Waals surface area contributed by atoms with Crippen molar-refractivity contribution >= 4 is 11.8 Å². The lowest BCUT2D eigenvalue weighted by atomic mass is 9.99. The van der Waals surface area contributed by atoms with E-state index in [1.54, 1.807) is 18.0 Å². The number of nitrogens with zero attached hydrogens (tertiary/aromatic N) is 3. The van der Waals surface area contributed by atoms with Gasteiger partial charge in [-0.1, -0.05) is 36.2 Å². The van der Waals surface area contributed by atoms with Gasteiger partial charge in [0.05, 0.1) is 17.0 Å². The third kappa shape index (κ3) is 3.62. The van der Waals surface area contributed by atoms with E-state index in [9.17, 15) is 0 Å². The third-order valence-corrected chi connectivity index (χ3v) is 5.41. The maximum Gasteiger partial charge on any atom is 0.236 e. The molecule has 3 aromatic rings. The zero-order valence-corrected chi connectivity index (χ0v) is 14.7. The molecule has 0 aliphatic heterocycles. The Morgan fingerprint density at radius 2 is 1.88 bits per heavy atom. The Hall–Kier alpha value is -2.12. The standard InChI is InChI=1S/C18H20N4O2S/c19-18(8-4-5-9-18)17-21-15(24-22-17)12-25-11-14-10-23-16(20-14)13-6-2-1-3-7-13/h1-3,6-7,10H,4-5,8-9,11-12,19H2. The average Bonchev–Trinajstić information content (AvgIpc) is 3.37. The molecule has 0 saturated heterocycles. The monoisotopic (exact) mass is 356 g/mol. The second kappa shape index (κ2) is 7.01. The van der Waals surface area contributed by atoms with Crippen LogP contribution >= 0.6 is 11.8 Å². The van der Waals surface area contributed by atoms with Crippen molar-refractivity contribution in [3.8, 4) is 11.5 Å². The summed E-state index contributed by atoms with van der Waals surface area (Å²) >= 11 is 1.66.